The van der Waals surface area contributed by atoms with Crippen molar-refractivity contribution in [2.75, 3.05) is 5.32 Å². The summed E-state index contributed by atoms with van der Waals surface area (Å²) in [6.45, 7) is 2.72. The average Bonchev–Trinajstić information content (AvgIpc) is 3.02. The zero-order valence-electron chi connectivity index (χ0n) is 11.5. The molecule has 106 valence electrons. The smallest absolute Gasteiger partial charge is 0.247 e. The van der Waals surface area contributed by atoms with Crippen LogP contribution in [-0.4, -0.2) is 10.2 Å². The first kappa shape index (κ1) is 13.6. The zero-order valence-corrected chi connectivity index (χ0v) is 12.3. The number of rotatable bonds is 4. The lowest BCUT2D eigenvalue weighted by atomic mass is 10.1. The van der Waals surface area contributed by atoms with Gasteiger partial charge in [-0.05, 0) is 42.3 Å². The Morgan fingerprint density at radius 1 is 1.19 bits per heavy atom. The van der Waals surface area contributed by atoms with Gasteiger partial charge in [0.25, 0.3) is 0 Å². The maximum absolute atomic E-state index is 6.16. The van der Waals surface area contributed by atoms with E-state index in [1.165, 1.54) is 6.39 Å². The zero-order chi connectivity index (χ0) is 14.7. The maximum atomic E-state index is 6.16. The number of nitrogens with zero attached hydrogens (tertiary/aromatic N) is 2. The molecule has 0 saturated carbocycles. The Morgan fingerprint density at radius 2 is 2.05 bits per heavy atom. The van der Waals surface area contributed by atoms with Crippen molar-refractivity contribution in [1.82, 2.24) is 10.2 Å². The quantitative estimate of drug-likeness (QED) is 0.780. The number of aromatic nitrogens is 2. The SMILES string of the molecule is Cc1cc(-c2nnco2)ccc1NCc1ccccc1Cl. The first-order valence-electron chi connectivity index (χ1n) is 6.58. The highest BCUT2D eigenvalue weighted by atomic mass is 35.5. The minimum Gasteiger partial charge on any atom is -0.423 e. The molecule has 0 atom stereocenters. The summed E-state index contributed by atoms with van der Waals surface area (Å²) in [6.07, 6.45) is 1.33. The fourth-order valence-corrected chi connectivity index (χ4v) is 2.33. The van der Waals surface area contributed by atoms with Crippen LogP contribution >= 0.6 is 11.6 Å². The predicted molar refractivity (Wildman–Crippen MR) is 83.2 cm³/mol. The number of hydrogen-bond donors (Lipinski definition) is 1. The van der Waals surface area contributed by atoms with Crippen LogP contribution in [0.4, 0.5) is 5.69 Å². The molecule has 0 aliphatic rings. The number of nitrogens with one attached hydrogen (secondary N) is 1. The topological polar surface area (TPSA) is 51.0 Å². The lowest BCUT2D eigenvalue weighted by molar-refractivity contribution is 0.568. The Morgan fingerprint density at radius 3 is 2.76 bits per heavy atom. The third-order valence-electron chi connectivity index (χ3n) is 3.26. The van der Waals surface area contributed by atoms with E-state index in [0.717, 1.165) is 27.4 Å². The molecule has 1 aromatic heterocycles. The van der Waals surface area contributed by atoms with Gasteiger partial charge in [0.1, 0.15) is 0 Å². The molecule has 0 bridgehead atoms. The van der Waals surface area contributed by atoms with E-state index in [2.05, 4.69) is 15.5 Å². The summed E-state index contributed by atoms with van der Waals surface area (Å²) >= 11 is 6.16. The van der Waals surface area contributed by atoms with Crippen LogP contribution in [0.3, 0.4) is 0 Å². The molecule has 0 fully saturated rings. The van der Waals surface area contributed by atoms with Gasteiger partial charge in [-0.25, -0.2) is 0 Å². The molecule has 1 heterocycles. The molecule has 5 heteroatoms. The summed E-state index contributed by atoms with van der Waals surface area (Å²) in [7, 11) is 0. The molecular weight excluding hydrogens is 286 g/mol. The van der Waals surface area contributed by atoms with Gasteiger partial charge in [0, 0.05) is 22.8 Å². The summed E-state index contributed by atoms with van der Waals surface area (Å²) in [5, 5.41) is 11.8. The van der Waals surface area contributed by atoms with Crippen molar-refractivity contribution in [3.8, 4) is 11.5 Å². The monoisotopic (exact) mass is 299 g/mol. The van der Waals surface area contributed by atoms with E-state index in [1.54, 1.807) is 0 Å². The lowest BCUT2D eigenvalue weighted by Crippen LogP contribution is -2.01. The Labute approximate surface area is 127 Å². The van der Waals surface area contributed by atoms with E-state index in [-0.39, 0.29) is 0 Å². The molecule has 0 aliphatic heterocycles. The molecule has 3 aromatic rings. The molecule has 4 nitrogen and oxygen atoms in total. The van der Waals surface area contributed by atoms with Gasteiger partial charge in [-0.3, -0.25) is 0 Å². The molecule has 0 radical (unpaired) electrons. The van der Waals surface area contributed by atoms with Crippen molar-refractivity contribution in [2.24, 2.45) is 0 Å². The Kier molecular flexibility index (Phi) is 3.88. The fourth-order valence-electron chi connectivity index (χ4n) is 2.13. The summed E-state index contributed by atoms with van der Waals surface area (Å²) in [4.78, 5) is 0. The van der Waals surface area contributed by atoms with Crippen LogP contribution in [0, 0.1) is 6.92 Å². The molecular formula is C16H14ClN3O. The molecule has 1 N–H and O–H groups in total. The predicted octanol–water partition coefficient (Wildman–Crippen LogP) is 4.31. The standard InChI is InChI=1S/C16H14ClN3O/c1-11-8-12(16-20-19-10-21-16)6-7-15(11)18-9-13-4-2-3-5-14(13)17/h2-8,10,18H,9H2,1H3. The molecule has 0 saturated heterocycles. The molecule has 0 aliphatic carbocycles. The van der Waals surface area contributed by atoms with Crippen molar-refractivity contribution in [1.29, 1.82) is 0 Å². The summed E-state index contributed by atoms with van der Waals surface area (Å²) in [5.41, 5.74) is 4.14. The van der Waals surface area contributed by atoms with Crippen LogP contribution in [0.2, 0.25) is 5.02 Å². The lowest BCUT2D eigenvalue weighted by Gasteiger charge is -2.11. The normalized spacial score (nSPS) is 10.6. The molecule has 3 rings (SSSR count). The van der Waals surface area contributed by atoms with E-state index in [1.807, 2.05) is 49.4 Å². The molecule has 0 amide bonds. The van der Waals surface area contributed by atoms with Crippen LogP contribution < -0.4 is 5.32 Å². The number of anilines is 1. The van der Waals surface area contributed by atoms with Gasteiger partial charge < -0.3 is 9.73 Å². The van der Waals surface area contributed by atoms with Gasteiger partial charge in [-0.2, -0.15) is 0 Å². The van der Waals surface area contributed by atoms with E-state index >= 15 is 0 Å². The number of halogens is 1. The minimum atomic E-state index is 0.524. The molecule has 21 heavy (non-hydrogen) atoms. The molecule has 0 unspecified atom stereocenters. The van der Waals surface area contributed by atoms with Gasteiger partial charge in [0.15, 0.2) is 0 Å². The third-order valence-corrected chi connectivity index (χ3v) is 3.63. The van der Waals surface area contributed by atoms with E-state index in [0.29, 0.717) is 12.4 Å². The van der Waals surface area contributed by atoms with Gasteiger partial charge in [0.05, 0.1) is 0 Å². The highest BCUT2D eigenvalue weighted by Crippen LogP contribution is 2.24. The minimum absolute atomic E-state index is 0.524. The van der Waals surface area contributed by atoms with Gasteiger partial charge in [-0.15, -0.1) is 10.2 Å². The first-order chi connectivity index (χ1) is 10.2. The number of benzene rings is 2. The van der Waals surface area contributed by atoms with E-state index in [4.69, 9.17) is 16.0 Å². The van der Waals surface area contributed by atoms with Crippen molar-refractivity contribution >= 4 is 17.3 Å². The molecule has 2 aromatic carbocycles. The number of hydrogen-bond acceptors (Lipinski definition) is 4. The Bertz CT molecular complexity index is 741. The highest BCUT2D eigenvalue weighted by Gasteiger charge is 2.06. The third kappa shape index (κ3) is 3.06. The Hall–Kier alpha value is -2.33. The maximum Gasteiger partial charge on any atom is 0.247 e. The van der Waals surface area contributed by atoms with Crippen molar-refractivity contribution < 1.29 is 4.42 Å². The second-order valence-electron chi connectivity index (χ2n) is 4.72. The fraction of sp³-hybridized carbons (Fsp3) is 0.125. The van der Waals surface area contributed by atoms with Gasteiger partial charge >= 0.3 is 0 Å². The second kappa shape index (κ2) is 5.97. The van der Waals surface area contributed by atoms with Crippen LogP contribution in [0.1, 0.15) is 11.1 Å². The van der Waals surface area contributed by atoms with Gasteiger partial charge in [-0.1, -0.05) is 29.8 Å². The van der Waals surface area contributed by atoms with Crippen LogP contribution in [0.5, 0.6) is 0 Å². The van der Waals surface area contributed by atoms with E-state index < -0.39 is 0 Å². The number of aryl methyl sites for hydroxylation is 1. The molecule has 0 spiro atoms. The highest BCUT2D eigenvalue weighted by molar-refractivity contribution is 6.31. The van der Waals surface area contributed by atoms with Crippen molar-refractivity contribution in [2.45, 2.75) is 13.5 Å². The van der Waals surface area contributed by atoms with Crippen LogP contribution in [0.25, 0.3) is 11.5 Å². The van der Waals surface area contributed by atoms with Gasteiger partial charge in [0.2, 0.25) is 12.3 Å². The second-order valence-corrected chi connectivity index (χ2v) is 5.13. The van der Waals surface area contributed by atoms with E-state index in [9.17, 15) is 0 Å². The summed E-state index contributed by atoms with van der Waals surface area (Å²) in [5.74, 6) is 0.524. The summed E-state index contributed by atoms with van der Waals surface area (Å²) in [6, 6.07) is 13.8. The average molecular weight is 300 g/mol. The Balaban J connectivity index is 1.76. The van der Waals surface area contributed by atoms with Crippen molar-refractivity contribution in [3.05, 3.63) is 65.0 Å². The largest absolute Gasteiger partial charge is 0.423 e. The van der Waals surface area contributed by atoms with Crippen LogP contribution in [-0.2, 0) is 6.54 Å². The van der Waals surface area contributed by atoms with Crippen LogP contribution in [0.15, 0.2) is 53.3 Å². The first-order valence-corrected chi connectivity index (χ1v) is 6.96. The van der Waals surface area contributed by atoms with Crippen molar-refractivity contribution in [3.63, 3.8) is 0 Å². The summed E-state index contributed by atoms with van der Waals surface area (Å²) < 4.78 is 5.20.